The summed E-state index contributed by atoms with van der Waals surface area (Å²) in [7, 11) is 0. The van der Waals surface area contributed by atoms with Crippen molar-refractivity contribution < 1.29 is 4.79 Å². The van der Waals surface area contributed by atoms with Crippen LogP contribution in [0.3, 0.4) is 0 Å². The predicted octanol–water partition coefficient (Wildman–Crippen LogP) is 5.41. The van der Waals surface area contributed by atoms with Gasteiger partial charge in [0.15, 0.2) is 0 Å². The van der Waals surface area contributed by atoms with E-state index in [9.17, 15) is 9.59 Å². The molecule has 2 fully saturated rings. The Morgan fingerprint density at radius 2 is 1.68 bits per heavy atom. The van der Waals surface area contributed by atoms with Crippen LogP contribution in [0, 0.1) is 12.8 Å². The highest BCUT2D eigenvalue weighted by molar-refractivity contribution is 5.80. The number of carbonyl (C=O) groups excluding carboxylic acids is 1. The van der Waals surface area contributed by atoms with Gasteiger partial charge in [0.2, 0.25) is 5.91 Å². The number of rotatable bonds is 5. The fraction of sp³-hybridized carbons (Fsp3) is 0.448. The minimum atomic E-state index is -0.0857. The van der Waals surface area contributed by atoms with Crippen molar-refractivity contribution >= 4 is 22.5 Å². The average molecular weight is 458 g/mol. The summed E-state index contributed by atoms with van der Waals surface area (Å²) in [6.45, 7) is 4.41. The van der Waals surface area contributed by atoms with Gasteiger partial charge in [0, 0.05) is 41.8 Å². The molecule has 2 aromatic carbocycles. The predicted molar refractivity (Wildman–Crippen MR) is 138 cm³/mol. The summed E-state index contributed by atoms with van der Waals surface area (Å²) in [5.41, 5.74) is 4.02. The van der Waals surface area contributed by atoms with E-state index in [0.717, 1.165) is 62.5 Å². The Kier molecular flexibility index (Phi) is 6.70. The van der Waals surface area contributed by atoms with E-state index < -0.39 is 0 Å². The van der Waals surface area contributed by atoms with Gasteiger partial charge in [-0.25, -0.2) is 0 Å². The molecule has 2 aliphatic rings. The maximum Gasteiger partial charge on any atom is 0.253 e. The summed E-state index contributed by atoms with van der Waals surface area (Å²) in [6.07, 6.45) is 7.30. The lowest BCUT2D eigenvalue weighted by Crippen LogP contribution is -2.49. The molecule has 0 radical (unpaired) electrons. The number of amides is 1. The van der Waals surface area contributed by atoms with E-state index in [4.69, 9.17) is 0 Å². The molecule has 34 heavy (non-hydrogen) atoms. The fourth-order valence-electron chi connectivity index (χ4n) is 5.80. The highest BCUT2D eigenvalue weighted by Crippen LogP contribution is 2.30. The van der Waals surface area contributed by atoms with Gasteiger partial charge in [0.25, 0.3) is 5.56 Å². The van der Waals surface area contributed by atoms with E-state index >= 15 is 0 Å². The van der Waals surface area contributed by atoms with Crippen molar-refractivity contribution in [3.8, 4) is 0 Å². The number of H-pyrrole nitrogens is 1. The van der Waals surface area contributed by atoms with Crippen LogP contribution in [-0.4, -0.2) is 34.9 Å². The molecule has 1 aromatic heterocycles. The molecule has 1 aliphatic carbocycles. The van der Waals surface area contributed by atoms with Crippen molar-refractivity contribution in [1.82, 2.24) is 9.88 Å². The second kappa shape index (κ2) is 10.0. The minimum Gasteiger partial charge on any atom is -0.371 e. The Hall–Kier alpha value is -3.08. The van der Waals surface area contributed by atoms with Gasteiger partial charge < -0.3 is 14.8 Å². The Bertz CT molecular complexity index is 1200. The maximum absolute atomic E-state index is 13.8. The molecule has 1 aliphatic heterocycles. The zero-order valence-corrected chi connectivity index (χ0v) is 20.1. The van der Waals surface area contributed by atoms with Crippen LogP contribution < -0.4 is 10.5 Å². The van der Waals surface area contributed by atoms with Crippen LogP contribution in [-0.2, 0) is 11.3 Å². The van der Waals surface area contributed by atoms with E-state index in [1.54, 1.807) is 0 Å². The van der Waals surface area contributed by atoms with Crippen molar-refractivity contribution in [2.75, 3.05) is 18.0 Å². The molecule has 178 valence electrons. The fourth-order valence-corrected chi connectivity index (χ4v) is 5.80. The molecular formula is C29H35N3O2. The second-order valence-electron chi connectivity index (χ2n) is 10.0. The molecule has 5 heteroatoms. The molecule has 0 bridgehead atoms. The third kappa shape index (κ3) is 4.75. The van der Waals surface area contributed by atoms with Crippen molar-refractivity contribution in [2.45, 2.75) is 64.5 Å². The number of hydrogen-bond donors (Lipinski definition) is 1. The number of pyridine rings is 1. The van der Waals surface area contributed by atoms with E-state index in [0.29, 0.717) is 12.1 Å². The third-order valence-electron chi connectivity index (χ3n) is 7.77. The van der Waals surface area contributed by atoms with E-state index in [1.165, 1.54) is 17.7 Å². The number of para-hydroxylation sites is 2. The van der Waals surface area contributed by atoms with Crippen LogP contribution in [0.5, 0.6) is 0 Å². The van der Waals surface area contributed by atoms with Gasteiger partial charge in [-0.1, -0.05) is 55.7 Å². The molecule has 1 saturated carbocycles. The zero-order valence-electron chi connectivity index (χ0n) is 20.1. The molecule has 5 rings (SSSR count). The number of aromatic amines is 1. The van der Waals surface area contributed by atoms with Gasteiger partial charge in [-0.3, -0.25) is 9.59 Å². The first kappa shape index (κ1) is 22.7. The van der Waals surface area contributed by atoms with Crippen molar-refractivity contribution in [1.29, 1.82) is 0 Å². The molecule has 0 spiro atoms. The van der Waals surface area contributed by atoms with E-state index in [1.807, 2.05) is 30.3 Å². The molecule has 3 aromatic rings. The number of aryl methyl sites for hydroxylation is 1. The smallest absolute Gasteiger partial charge is 0.253 e. The number of benzene rings is 2. The van der Waals surface area contributed by atoms with Gasteiger partial charge in [0.1, 0.15) is 0 Å². The summed E-state index contributed by atoms with van der Waals surface area (Å²) in [5, 5.41) is 1.01. The van der Waals surface area contributed by atoms with Crippen molar-refractivity contribution in [3.63, 3.8) is 0 Å². The minimum absolute atomic E-state index is 0.0857. The van der Waals surface area contributed by atoms with Crippen molar-refractivity contribution in [2.24, 2.45) is 5.92 Å². The lowest BCUT2D eigenvalue weighted by molar-refractivity contribution is -0.140. The summed E-state index contributed by atoms with van der Waals surface area (Å²) in [4.78, 5) is 34.2. The summed E-state index contributed by atoms with van der Waals surface area (Å²) < 4.78 is 0. The zero-order chi connectivity index (χ0) is 23.5. The SMILES string of the molecule is Cc1ccccc1N1CCC(N(Cc2cc3ccccc3[nH]c2=O)C(=O)C2CCCCC2)CC1. The Balaban J connectivity index is 1.39. The first-order valence-electron chi connectivity index (χ1n) is 12.8. The Morgan fingerprint density at radius 3 is 2.44 bits per heavy atom. The summed E-state index contributed by atoms with van der Waals surface area (Å²) in [5.74, 6) is 0.351. The standard InChI is InChI=1S/C29H35N3O2/c1-21-9-5-8-14-27(21)31-17-15-25(16-18-31)32(29(34)22-10-3-2-4-11-22)20-24-19-23-12-6-7-13-26(23)30-28(24)33/h5-9,12-14,19,22,25H,2-4,10-11,15-18,20H2,1H3,(H,30,33). The molecule has 0 unspecified atom stereocenters. The van der Waals surface area contributed by atoms with Crippen LogP contribution in [0.25, 0.3) is 10.9 Å². The highest BCUT2D eigenvalue weighted by Gasteiger charge is 2.33. The van der Waals surface area contributed by atoms with Gasteiger partial charge in [-0.2, -0.15) is 0 Å². The average Bonchev–Trinajstić information content (AvgIpc) is 2.88. The number of anilines is 1. The lowest BCUT2D eigenvalue weighted by atomic mass is 9.87. The van der Waals surface area contributed by atoms with Crippen molar-refractivity contribution in [3.05, 3.63) is 76.1 Å². The third-order valence-corrected chi connectivity index (χ3v) is 7.77. The van der Waals surface area contributed by atoms with E-state index in [-0.39, 0.29) is 23.4 Å². The van der Waals surface area contributed by atoms with Crippen LogP contribution in [0.15, 0.2) is 59.4 Å². The maximum atomic E-state index is 13.8. The van der Waals surface area contributed by atoms with E-state index in [2.05, 4.69) is 46.0 Å². The molecule has 2 heterocycles. The first-order chi connectivity index (χ1) is 16.6. The van der Waals surface area contributed by atoms with Gasteiger partial charge in [0.05, 0.1) is 6.54 Å². The van der Waals surface area contributed by atoms with Crippen LogP contribution >= 0.6 is 0 Å². The summed E-state index contributed by atoms with van der Waals surface area (Å²) in [6, 6.07) is 18.5. The Labute approximate surface area is 201 Å². The summed E-state index contributed by atoms with van der Waals surface area (Å²) >= 11 is 0. The monoisotopic (exact) mass is 457 g/mol. The number of aromatic nitrogens is 1. The number of piperidine rings is 1. The van der Waals surface area contributed by atoms with Gasteiger partial charge in [-0.15, -0.1) is 0 Å². The number of fused-ring (bicyclic) bond motifs is 1. The normalized spacial score (nSPS) is 17.7. The van der Waals surface area contributed by atoms with Crippen LogP contribution in [0.4, 0.5) is 5.69 Å². The largest absolute Gasteiger partial charge is 0.371 e. The highest BCUT2D eigenvalue weighted by atomic mass is 16.2. The topological polar surface area (TPSA) is 56.4 Å². The number of hydrogen-bond acceptors (Lipinski definition) is 3. The molecule has 5 nitrogen and oxygen atoms in total. The van der Waals surface area contributed by atoms with Crippen LogP contribution in [0.2, 0.25) is 0 Å². The molecular weight excluding hydrogens is 422 g/mol. The quantitative estimate of drug-likeness (QED) is 0.557. The van der Waals surface area contributed by atoms with Crippen LogP contribution in [0.1, 0.15) is 56.1 Å². The lowest BCUT2D eigenvalue weighted by Gasteiger charge is -2.41. The molecule has 1 N–H and O–H groups in total. The number of nitrogens with one attached hydrogen (secondary N) is 1. The second-order valence-corrected chi connectivity index (χ2v) is 10.0. The molecule has 0 atom stereocenters. The Morgan fingerprint density at radius 1 is 0.971 bits per heavy atom. The number of carbonyl (C=O) groups is 1. The molecule has 1 saturated heterocycles. The number of nitrogens with zero attached hydrogens (tertiary/aromatic N) is 2. The van der Waals surface area contributed by atoms with Gasteiger partial charge >= 0.3 is 0 Å². The first-order valence-corrected chi connectivity index (χ1v) is 12.8. The van der Waals surface area contributed by atoms with Gasteiger partial charge in [-0.05, 0) is 61.8 Å². The molecule has 1 amide bonds.